The Balaban J connectivity index is 1.51. The molecule has 3 heterocycles. The van der Waals surface area contributed by atoms with Crippen molar-refractivity contribution in [3.05, 3.63) is 99.2 Å². The first-order valence-electron chi connectivity index (χ1n) is 10.8. The third-order valence-corrected chi connectivity index (χ3v) is 6.38. The third kappa shape index (κ3) is 3.15. The van der Waals surface area contributed by atoms with Gasteiger partial charge in [-0.25, -0.2) is 9.18 Å². The van der Waals surface area contributed by atoms with Gasteiger partial charge in [-0.05, 0) is 65.6 Å². The zero-order chi connectivity index (χ0) is 21.7. The predicted octanol–water partition coefficient (Wildman–Crippen LogP) is 4.48. The van der Waals surface area contributed by atoms with E-state index < -0.39 is 0 Å². The van der Waals surface area contributed by atoms with Gasteiger partial charge in [0.25, 0.3) is 0 Å². The fourth-order valence-electron chi connectivity index (χ4n) is 4.83. The first-order chi connectivity index (χ1) is 15.7. The van der Waals surface area contributed by atoms with Crippen molar-refractivity contribution in [3.8, 4) is 5.75 Å². The highest BCUT2D eigenvalue weighted by Crippen LogP contribution is 2.38. The maximum absolute atomic E-state index is 13.9. The van der Waals surface area contributed by atoms with Gasteiger partial charge in [0.1, 0.15) is 18.2 Å². The van der Waals surface area contributed by atoms with Crippen LogP contribution in [0.3, 0.4) is 0 Å². The van der Waals surface area contributed by atoms with Crippen LogP contribution < -0.4 is 15.7 Å². The summed E-state index contributed by atoms with van der Waals surface area (Å²) in [5.74, 6) is 0.206. The Morgan fingerprint density at radius 2 is 1.97 bits per heavy atom. The lowest BCUT2D eigenvalue weighted by atomic mass is 9.92. The van der Waals surface area contributed by atoms with Crippen LogP contribution in [0, 0.1) is 5.82 Å². The summed E-state index contributed by atoms with van der Waals surface area (Å²) in [4.78, 5) is 15.7. The summed E-state index contributed by atoms with van der Waals surface area (Å²) in [7, 11) is 0. The lowest BCUT2D eigenvalue weighted by Crippen LogP contribution is -2.23. The van der Waals surface area contributed by atoms with E-state index in [-0.39, 0.29) is 17.5 Å². The minimum atomic E-state index is -0.323. The summed E-state index contributed by atoms with van der Waals surface area (Å²) in [5.41, 5.74) is 6.52. The van der Waals surface area contributed by atoms with Crippen LogP contribution in [0.15, 0.2) is 65.5 Å². The average Bonchev–Trinajstić information content (AvgIpc) is 3.39. The van der Waals surface area contributed by atoms with Gasteiger partial charge in [-0.15, -0.1) is 0 Å². The highest BCUT2D eigenvalue weighted by Gasteiger charge is 2.22. The van der Waals surface area contributed by atoms with E-state index in [2.05, 4.69) is 22.4 Å². The molecule has 1 atom stereocenters. The predicted molar refractivity (Wildman–Crippen MR) is 123 cm³/mol. The minimum Gasteiger partial charge on any atom is -0.488 e. The molecule has 3 aromatic carbocycles. The molecule has 32 heavy (non-hydrogen) atoms. The fourth-order valence-corrected chi connectivity index (χ4v) is 4.83. The summed E-state index contributed by atoms with van der Waals surface area (Å²) in [6.45, 7) is 2.12. The second-order valence-corrected chi connectivity index (χ2v) is 8.37. The molecule has 0 radical (unpaired) electrons. The molecule has 0 bridgehead atoms. The molecule has 1 aromatic heterocycles. The second kappa shape index (κ2) is 7.50. The number of aromatic nitrogens is 2. The number of benzene rings is 3. The number of aromatic amines is 1. The van der Waals surface area contributed by atoms with Crippen LogP contribution in [0.5, 0.6) is 5.75 Å². The quantitative estimate of drug-likeness (QED) is 0.496. The summed E-state index contributed by atoms with van der Waals surface area (Å²) >= 11 is 0. The molecule has 2 aliphatic heterocycles. The molecule has 160 valence electrons. The SMILES string of the molecule is O=c1[nH]c2cc(C=C3c4ccccc4COc4cc(F)ccc43)ccc2n1[C@H]1CCNC1. The molecule has 1 fully saturated rings. The smallest absolute Gasteiger partial charge is 0.326 e. The Morgan fingerprint density at radius 3 is 2.84 bits per heavy atom. The molecule has 0 amide bonds. The number of nitrogens with zero attached hydrogens (tertiary/aromatic N) is 1. The molecule has 0 unspecified atom stereocenters. The summed E-state index contributed by atoms with van der Waals surface area (Å²) in [6.07, 6.45) is 3.03. The topological polar surface area (TPSA) is 59.1 Å². The number of rotatable bonds is 2. The Morgan fingerprint density at radius 1 is 1.06 bits per heavy atom. The zero-order valence-electron chi connectivity index (χ0n) is 17.4. The van der Waals surface area contributed by atoms with Crippen LogP contribution in [0.1, 0.15) is 34.7 Å². The van der Waals surface area contributed by atoms with Gasteiger partial charge in [0, 0.05) is 18.2 Å². The van der Waals surface area contributed by atoms with Gasteiger partial charge >= 0.3 is 5.69 Å². The molecule has 2 N–H and O–H groups in total. The molecular weight excluding hydrogens is 405 g/mol. The molecule has 0 spiro atoms. The van der Waals surface area contributed by atoms with E-state index in [1.54, 1.807) is 6.07 Å². The lowest BCUT2D eigenvalue weighted by molar-refractivity contribution is 0.305. The molecule has 5 nitrogen and oxygen atoms in total. The van der Waals surface area contributed by atoms with Gasteiger partial charge in [0.15, 0.2) is 0 Å². The minimum absolute atomic E-state index is 0.0764. The molecule has 2 aliphatic rings. The maximum atomic E-state index is 13.9. The van der Waals surface area contributed by atoms with Gasteiger partial charge < -0.3 is 15.0 Å². The van der Waals surface area contributed by atoms with Crippen molar-refractivity contribution >= 4 is 22.7 Å². The lowest BCUT2D eigenvalue weighted by Gasteiger charge is -2.12. The summed E-state index contributed by atoms with van der Waals surface area (Å²) in [6, 6.07) is 18.9. The van der Waals surface area contributed by atoms with Gasteiger partial charge in [0.2, 0.25) is 0 Å². The molecule has 6 heteroatoms. The van der Waals surface area contributed by atoms with Crippen LogP contribution >= 0.6 is 0 Å². The number of hydrogen-bond acceptors (Lipinski definition) is 3. The monoisotopic (exact) mass is 427 g/mol. The number of halogens is 1. The largest absolute Gasteiger partial charge is 0.488 e. The Bertz CT molecular complexity index is 1430. The highest BCUT2D eigenvalue weighted by molar-refractivity contribution is 5.95. The first-order valence-corrected chi connectivity index (χ1v) is 10.8. The molecular formula is C26H22FN3O2. The van der Waals surface area contributed by atoms with Crippen LogP contribution in [0.2, 0.25) is 0 Å². The standard InChI is InChI=1S/C26H22FN3O2/c27-18-6-7-21-22(20-4-2-1-3-17(20)15-32-25(21)13-18)11-16-5-8-24-23(12-16)29-26(31)30(24)19-9-10-28-14-19/h1-8,11-13,19,28H,9-10,14-15H2,(H,29,31)/t19-/m0/s1. The van der Waals surface area contributed by atoms with Crippen molar-refractivity contribution < 1.29 is 9.13 Å². The third-order valence-electron chi connectivity index (χ3n) is 6.38. The number of H-pyrrole nitrogens is 1. The van der Waals surface area contributed by atoms with Crippen molar-refractivity contribution in [3.63, 3.8) is 0 Å². The highest BCUT2D eigenvalue weighted by atomic mass is 19.1. The Kier molecular flexibility index (Phi) is 4.47. The number of nitrogens with one attached hydrogen (secondary N) is 2. The number of ether oxygens (including phenoxy) is 1. The normalized spacial score (nSPS) is 18.9. The van der Waals surface area contributed by atoms with E-state index in [1.807, 2.05) is 41.0 Å². The Hall–Kier alpha value is -3.64. The van der Waals surface area contributed by atoms with E-state index in [0.717, 1.165) is 58.4 Å². The van der Waals surface area contributed by atoms with Crippen LogP contribution in [-0.2, 0) is 6.61 Å². The summed E-state index contributed by atoms with van der Waals surface area (Å²) < 4.78 is 21.7. The molecule has 4 aromatic rings. The van der Waals surface area contributed by atoms with E-state index in [9.17, 15) is 9.18 Å². The number of fused-ring (bicyclic) bond motifs is 3. The van der Waals surface area contributed by atoms with Crippen molar-refractivity contribution in [1.29, 1.82) is 0 Å². The van der Waals surface area contributed by atoms with Crippen molar-refractivity contribution in [2.75, 3.05) is 13.1 Å². The molecule has 6 rings (SSSR count). The van der Waals surface area contributed by atoms with E-state index in [4.69, 9.17) is 4.74 Å². The molecule has 0 aliphatic carbocycles. The van der Waals surface area contributed by atoms with Gasteiger partial charge in [0.05, 0.1) is 17.1 Å². The van der Waals surface area contributed by atoms with Gasteiger partial charge in [-0.2, -0.15) is 0 Å². The first kappa shape index (κ1) is 19.1. The van der Waals surface area contributed by atoms with Crippen molar-refractivity contribution in [1.82, 2.24) is 14.9 Å². The average molecular weight is 427 g/mol. The second-order valence-electron chi connectivity index (χ2n) is 8.37. The molecule has 0 saturated carbocycles. The van der Waals surface area contributed by atoms with Gasteiger partial charge in [-0.1, -0.05) is 30.3 Å². The van der Waals surface area contributed by atoms with Crippen molar-refractivity contribution in [2.24, 2.45) is 0 Å². The van der Waals surface area contributed by atoms with E-state index >= 15 is 0 Å². The van der Waals surface area contributed by atoms with Gasteiger partial charge in [-0.3, -0.25) is 4.57 Å². The summed E-state index contributed by atoms with van der Waals surface area (Å²) in [5, 5.41) is 3.33. The van der Waals surface area contributed by atoms with E-state index in [0.29, 0.717) is 12.4 Å². The van der Waals surface area contributed by atoms with Crippen LogP contribution in [0.25, 0.3) is 22.7 Å². The fraction of sp³-hybridized carbons (Fsp3) is 0.192. The zero-order valence-corrected chi connectivity index (χ0v) is 17.4. The van der Waals surface area contributed by atoms with E-state index in [1.165, 1.54) is 12.1 Å². The maximum Gasteiger partial charge on any atom is 0.326 e. The van der Waals surface area contributed by atoms with Crippen LogP contribution in [0.4, 0.5) is 4.39 Å². The molecule has 1 saturated heterocycles. The Labute approximate surface area is 184 Å². The number of hydrogen-bond donors (Lipinski definition) is 2. The van der Waals surface area contributed by atoms with Crippen molar-refractivity contribution in [2.45, 2.75) is 19.1 Å². The number of imidazole rings is 1. The van der Waals surface area contributed by atoms with Crippen LogP contribution in [-0.4, -0.2) is 22.6 Å².